The number of rotatable bonds is 4. The highest BCUT2D eigenvalue weighted by molar-refractivity contribution is 6.04. The van der Waals surface area contributed by atoms with Crippen LogP contribution in [0, 0.1) is 11.3 Å². The van der Waals surface area contributed by atoms with Crippen molar-refractivity contribution < 1.29 is 4.79 Å². The average Bonchev–Trinajstić information content (AvgIpc) is 3.25. The van der Waals surface area contributed by atoms with Gasteiger partial charge in [0.2, 0.25) is 0 Å². The molecule has 21 heavy (non-hydrogen) atoms. The molecule has 0 unspecified atom stereocenters. The van der Waals surface area contributed by atoms with Gasteiger partial charge >= 0.3 is 0 Å². The lowest BCUT2D eigenvalue weighted by molar-refractivity contribution is -0.117. The fourth-order valence-electron chi connectivity index (χ4n) is 2.45. The molecule has 0 bridgehead atoms. The number of carbonyl (C=O) groups is 1. The van der Waals surface area contributed by atoms with Crippen LogP contribution in [0.25, 0.3) is 17.0 Å². The smallest absolute Gasteiger partial charge is 0.262 e. The third-order valence-corrected chi connectivity index (χ3v) is 3.74. The highest BCUT2D eigenvalue weighted by Gasteiger charge is 2.24. The van der Waals surface area contributed by atoms with E-state index in [2.05, 4.69) is 16.8 Å². The minimum absolute atomic E-state index is 0.168. The van der Waals surface area contributed by atoms with Gasteiger partial charge in [0.25, 0.3) is 5.91 Å². The van der Waals surface area contributed by atoms with Crippen molar-refractivity contribution in [3.8, 4) is 6.07 Å². The van der Waals surface area contributed by atoms with E-state index in [4.69, 9.17) is 0 Å². The lowest BCUT2D eigenvalue weighted by atomic mass is 10.1. The summed E-state index contributed by atoms with van der Waals surface area (Å²) >= 11 is 0. The molecule has 1 aromatic carbocycles. The Bertz CT molecular complexity index is 760. The maximum atomic E-state index is 12.0. The first-order valence-electron chi connectivity index (χ1n) is 7.23. The van der Waals surface area contributed by atoms with Crippen LogP contribution >= 0.6 is 0 Å². The molecule has 2 aromatic rings. The van der Waals surface area contributed by atoms with Crippen molar-refractivity contribution in [2.45, 2.75) is 32.4 Å². The molecule has 0 aliphatic heterocycles. The highest BCUT2D eigenvalue weighted by atomic mass is 16.1. The van der Waals surface area contributed by atoms with Gasteiger partial charge < -0.3 is 9.88 Å². The molecule has 1 heterocycles. The van der Waals surface area contributed by atoms with Crippen molar-refractivity contribution in [3.05, 3.63) is 41.6 Å². The van der Waals surface area contributed by atoms with Crippen LogP contribution in [-0.2, 0) is 11.3 Å². The van der Waals surface area contributed by atoms with Crippen molar-refractivity contribution >= 4 is 22.9 Å². The number of benzene rings is 1. The molecule has 1 saturated carbocycles. The molecule has 0 spiro atoms. The quantitative estimate of drug-likeness (QED) is 0.691. The molecule has 1 aliphatic rings. The van der Waals surface area contributed by atoms with Crippen molar-refractivity contribution in [2.75, 3.05) is 0 Å². The van der Waals surface area contributed by atoms with E-state index >= 15 is 0 Å². The third kappa shape index (κ3) is 2.68. The molecule has 1 aromatic heterocycles. The van der Waals surface area contributed by atoms with Crippen LogP contribution < -0.4 is 5.32 Å². The van der Waals surface area contributed by atoms with Crippen molar-refractivity contribution in [3.63, 3.8) is 0 Å². The Morgan fingerprint density at radius 2 is 2.24 bits per heavy atom. The number of aromatic nitrogens is 1. The number of nitrogens with one attached hydrogen (secondary N) is 1. The largest absolute Gasteiger partial charge is 0.349 e. The molecule has 0 saturated heterocycles. The SMILES string of the molecule is CCn1cc(/C=C(\C#N)C(=O)NC2CC2)c2ccccc21. The van der Waals surface area contributed by atoms with E-state index in [-0.39, 0.29) is 17.5 Å². The number of nitriles is 1. The summed E-state index contributed by atoms with van der Waals surface area (Å²) < 4.78 is 2.12. The number of hydrogen-bond donors (Lipinski definition) is 1. The monoisotopic (exact) mass is 279 g/mol. The second-order valence-electron chi connectivity index (χ2n) is 5.31. The van der Waals surface area contributed by atoms with E-state index in [1.165, 1.54) is 0 Å². The van der Waals surface area contributed by atoms with Gasteiger partial charge in [0, 0.05) is 35.2 Å². The fourth-order valence-corrected chi connectivity index (χ4v) is 2.45. The predicted octanol–water partition coefficient (Wildman–Crippen LogP) is 2.85. The average molecular weight is 279 g/mol. The molecule has 3 rings (SSSR count). The van der Waals surface area contributed by atoms with Crippen molar-refractivity contribution in [1.82, 2.24) is 9.88 Å². The first kappa shape index (κ1) is 13.4. The molecule has 1 N–H and O–H groups in total. The number of carbonyl (C=O) groups excluding carboxylic acids is 1. The predicted molar refractivity (Wildman–Crippen MR) is 82.4 cm³/mol. The van der Waals surface area contributed by atoms with Gasteiger partial charge in [-0.15, -0.1) is 0 Å². The third-order valence-electron chi connectivity index (χ3n) is 3.74. The molecule has 106 valence electrons. The standard InChI is InChI=1S/C17H17N3O/c1-2-20-11-13(15-5-3-4-6-16(15)20)9-12(10-18)17(21)19-14-7-8-14/h3-6,9,11,14H,2,7-8H2,1H3,(H,19,21)/b12-9+. The minimum Gasteiger partial charge on any atom is -0.349 e. The lowest BCUT2D eigenvalue weighted by Gasteiger charge is -2.00. The van der Waals surface area contributed by atoms with Crippen LogP contribution in [0.3, 0.4) is 0 Å². The van der Waals surface area contributed by atoms with E-state index < -0.39 is 0 Å². The molecule has 4 nitrogen and oxygen atoms in total. The molecule has 1 aliphatic carbocycles. The van der Waals surface area contributed by atoms with Crippen LogP contribution in [0.4, 0.5) is 0 Å². The van der Waals surface area contributed by atoms with Crippen LogP contribution in [0.5, 0.6) is 0 Å². The molecular formula is C17H17N3O. The number of para-hydroxylation sites is 1. The Morgan fingerprint density at radius 1 is 1.48 bits per heavy atom. The van der Waals surface area contributed by atoms with Gasteiger partial charge in [0.05, 0.1) is 0 Å². The summed E-state index contributed by atoms with van der Waals surface area (Å²) in [7, 11) is 0. The fraction of sp³-hybridized carbons (Fsp3) is 0.294. The van der Waals surface area contributed by atoms with Gasteiger partial charge in [-0.05, 0) is 31.9 Å². The Morgan fingerprint density at radius 3 is 2.90 bits per heavy atom. The van der Waals surface area contributed by atoms with E-state index in [0.29, 0.717) is 0 Å². The zero-order chi connectivity index (χ0) is 14.8. The molecule has 0 radical (unpaired) electrons. The van der Waals surface area contributed by atoms with Crippen molar-refractivity contribution in [1.29, 1.82) is 5.26 Å². The van der Waals surface area contributed by atoms with Gasteiger partial charge in [-0.25, -0.2) is 0 Å². The number of hydrogen-bond acceptors (Lipinski definition) is 2. The van der Waals surface area contributed by atoms with E-state index in [0.717, 1.165) is 35.9 Å². The minimum atomic E-state index is -0.270. The van der Waals surface area contributed by atoms with E-state index in [1.54, 1.807) is 6.08 Å². The summed E-state index contributed by atoms with van der Waals surface area (Å²) in [5.74, 6) is -0.270. The summed E-state index contributed by atoms with van der Waals surface area (Å²) in [6.07, 6.45) is 5.71. The second-order valence-corrected chi connectivity index (χ2v) is 5.31. The summed E-state index contributed by atoms with van der Waals surface area (Å²) in [5, 5.41) is 13.2. The van der Waals surface area contributed by atoms with Crippen LogP contribution in [-0.4, -0.2) is 16.5 Å². The van der Waals surface area contributed by atoms with Crippen LogP contribution in [0.15, 0.2) is 36.0 Å². The maximum absolute atomic E-state index is 12.0. The number of amides is 1. The van der Waals surface area contributed by atoms with E-state index in [1.807, 2.05) is 36.5 Å². The van der Waals surface area contributed by atoms with Gasteiger partial charge in [0.1, 0.15) is 11.6 Å². The normalized spacial score (nSPS) is 15.0. The molecule has 4 heteroatoms. The Hall–Kier alpha value is -2.54. The van der Waals surface area contributed by atoms with Crippen LogP contribution in [0.2, 0.25) is 0 Å². The second kappa shape index (κ2) is 5.45. The van der Waals surface area contributed by atoms with Gasteiger partial charge in [-0.1, -0.05) is 18.2 Å². The lowest BCUT2D eigenvalue weighted by Crippen LogP contribution is -2.26. The summed E-state index contributed by atoms with van der Waals surface area (Å²) in [6, 6.07) is 10.3. The Labute approximate surface area is 123 Å². The molecule has 1 amide bonds. The Kier molecular flexibility index (Phi) is 3.49. The van der Waals surface area contributed by atoms with Gasteiger partial charge in [-0.3, -0.25) is 4.79 Å². The van der Waals surface area contributed by atoms with Crippen LogP contribution in [0.1, 0.15) is 25.3 Å². The topological polar surface area (TPSA) is 57.8 Å². The summed E-state index contributed by atoms with van der Waals surface area (Å²) in [6.45, 7) is 2.93. The number of nitrogens with zero attached hydrogens (tertiary/aromatic N) is 2. The number of fused-ring (bicyclic) bond motifs is 1. The summed E-state index contributed by atoms with van der Waals surface area (Å²) in [5.41, 5.74) is 2.20. The highest BCUT2D eigenvalue weighted by Crippen LogP contribution is 2.24. The van der Waals surface area contributed by atoms with Gasteiger partial charge in [0.15, 0.2) is 0 Å². The van der Waals surface area contributed by atoms with E-state index in [9.17, 15) is 10.1 Å². The molecule has 1 fully saturated rings. The maximum Gasteiger partial charge on any atom is 0.262 e. The van der Waals surface area contributed by atoms with Gasteiger partial charge in [-0.2, -0.15) is 5.26 Å². The Balaban J connectivity index is 2.00. The molecule has 0 atom stereocenters. The first-order chi connectivity index (χ1) is 10.2. The number of aryl methyl sites for hydroxylation is 1. The summed E-state index contributed by atoms with van der Waals surface area (Å²) in [4.78, 5) is 12.0. The first-order valence-corrected chi connectivity index (χ1v) is 7.23. The zero-order valence-corrected chi connectivity index (χ0v) is 12.0. The molecular weight excluding hydrogens is 262 g/mol. The van der Waals surface area contributed by atoms with Crippen molar-refractivity contribution in [2.24, 2.45) is 0 Å². The zero-order valence-electron chi connectivity index (χ0n) is 12.0.